The van der Waals surface area contributed by atoms with Crippen LogP contribution in [0.3, 0.4) is 0 Å². The van der Waals surface area contributed by atoms with E-state index in [0.29, 0.717) is 11.4 Å². The Balaban J connectivity index is 1.46. The van der Waals surface area contributed by atoms with Crippen LogP contribution in [-0.2, 0) is 4.74 Å². The van der Waals surface area contributed by atoms with Gasteiger partial charge in [0.25, 0.3) is 0 Å². The quantitative estimate of drug-likeness (QED) is 0.305. The first-order valence-electron chi connectivity index (χ1n) is 11.7. The van der Waals surface area contributed by atoms with Gasteiger partial charge in [-0.05, 0) is 55.8 Å². The second-order valence-corrected chi connectivity index (χ2v) is 8.15. The predicted octanol–water partition coefficient (Wildman–Crippen LogP) is 5.33. The lowest BCUT2D eigenvalue weighted by atomic mass is 10.1. The number of ether oxygens (including phenoxy) is 1. The van der Waals surface area contributed by atoms with E-state index < -0.39 is 11.9 Å². The lowest BCUT2D eigenvalue weighted by Crippen LogP contribution is -2.12. The second-order valence-electron chi connectivity index (χ2n) is 8.15. The molecule has 37 heavy (non-hydrogen) atoms. The molecule has 1 amide bonds. The van der Waals surface area contributed by atoms with Gasteiger partial charge in [0, 0.05) is 16.8 Å². The maximum absolute atomic E-state index is 12.8. The van der Waals surface area contributed by atoms with E-state index in [-0.39, 0.29) is 24.1 Å². The number of amides is 1. The highest BCUT2D eigenvalue weighted by atomic mass is 16.5. The molecule has 1 N–H and O–H groups in total. The summed E-state index contributed by atoms with van der Waals surface area (Å²) in [6, 6.07) is 25.8. The number of rotatable bonds is 7. The molecule has 0 aliphatic heterocycles. The van der Waals surface area contributed by atoms with Crippen LogP contribution in [0.1, 0.15) is 33.7 Å². The van der Waals surface area contributed by atoms with Gasteiger partial charge in [-0.25, -0.2) is 9.48 Å². The third-order valence-electron chi connectivity index (χ3n) is 5.59. The summed E-state index contributed by atoms with van der Waals surface area (Å²) >= 11 is 0. The maximum Gasteiger partial charge on any atom is 0.358 e. The number of aromatic nitrogens is 4. The monoisotopic (exact) mass is 493 g/mol. The van der Waals surface area contributed by atoms with Gasteiger partial charge in [0.1, 0.15) is 0 Å². The van der Waals surface area contributed by atoms with Gasteiger partial charge in [-0.15, -0.1) is 10.2 Å². The van der Waals surface area contributed by atoms with Crippen molar-refractivity contribution in [2.75, 3.05) is 11.9 Å². The molecule has 0 bridgehead atoms. The molecule has 184 valence electrons. The molecule has 0 aliphatic carbocycles. The molecule has 5 rings (SSSR count). The van der Waals surface area contributed by atoms with Crippen molar-refractivity contribution in [1.29, 1.82) is 0 Å². The lowest BCUT2D eigenvalue weighted by molar-refractivity contribution is 0.0519. The molecule has 2 aromatic heterocycles. The molecule has 0 radical (unpaired) electrons. The number of esters is 1. The SMILES string of the molecule is CCOC(=O)c1cc(-c2cccc(NC(=O)c3nnc(-c4ccccc4)o3)c2)n(-c2ccccc2C)n1. The fourth-order valence-corrected chi connectivity index (χ4v) is 3.83. The lowest BCUT2D eigenvalue weighted by Gasteiger charge is -2.11. The Kier molecular flexibility index (Phi) is 6.58. The van der Waals surface area contributed by atoms with Crippen molar-refractivity contribution in [3.05, 3.63) is 102 Å². The highest BCUT2D eigenvalue weighted by molar-refractivity contribution is 6.01. The van der Waals surface area contributed by atoms with Crippen molar-refractivity contribution < 1.29 is 18.7 Å². The van der Waals surface area contributed by atoms with Crippen LogP contribution in [0, 0.1) is 6.92 Å². The van der Waals surface area contributed by atoms with Gasteiger partial charge in [0.2, 0.25) is 5.89 Å². The van der Waals surface area contributed by atoms with Crippen LogP contribution >= 0.6 is 0 Å². The molecule has 9 nitrogen and oxygen atoms in total. The predicted molar refractivity (Wildman–Crippen MR) is 137 cm³/mol. The summed E-state index contributed by atoms with van der Waals surface area (Å²) < 4.78 is 12.4. The summed E-state index contributed by atoms with van der Waals surface area (Å²) in [4.78, 5) is 25.3. The Hall–Kier alpha value is -5.05. The van der Waals surface area contributed by atoms with Crippen LogP contribution in [0.5, 0.6) is 0 Å². The molecule has 0 unspecified atom stereocenters. The van der Waals surface area contributed by atoms with Gasteiger partial charge in [0.05, 0.1) is 18.0 Å². The van der Waals surface area contributed by atoms with Gasteiger partial charge >= 0.3 is 17.8 Å². The zero-order chi connectivity index (χ0) is 25.8. The van der Waals surface area contributed by atoms with E-state index in [2.05, 4.69) is 20.6 Å². The van der Waals surface area contributed by atoms with E-state index in [1.807, 2.05) is 67.6 Å². The first kappa shape index (κ1) is 23.7. The van der Waals surface area contributed by atoms with Crippen molar-refractivity contribution >= 4 is 17.6 Å². The van der Waals surface area contributed by atoms with Gasteiger partial charge in [0.15, 0.2) is 5.69 Å². The molecule has 0 atom stereocenters. The summed E-state index contributed by atoms with van der Waals surface area (Å²) in [5, 5.41) is 15.2. The minimum atomic E-state index is -0.536. The van der Waals surface area contributed by atoms with E-state index in [1.54, 1.807) is 35.9 Å². The zero-order valence-corrected chi connectivity index (χ0v) is 20.2. The average Bonchev–Trinajstić information content (AvgIpc) is 3.58. The largest absolute Gasteiger partial charge is 0.461 e. The van der Waals surface area contributed by atoms with Crippen molar-refractivity contribution in [1.82, 2.24) is 20.0 Å². The van der Waals surface area contributed by atoms with E-state index in [4.69, 9.17) is 9.15 Å². The average molecular weight is 494 g/mol. The zero-order valence-electron chi connectivity index (χ0n) is 20.2. The highest BCUT2D eigenvalue weighted by Gasteiger charge is 2.20. The Labute approximate surface area is 212 Å². The topological polar surface area (TPSA) is 112 Å². The van der Waals surface area contributed by atoms with Crippen LogP contribution < -0.4 is 5.32 Å². The minimum Gasteiger partial charge on any atom is -0.461 e. The van der Waals surface area contributed by atoms with Crippen molar-refractivity contribution in [3.8, 4) is 28.4 Å². The van der Waals surface area contributed by atoms with Crippen molar-refractivity contribution in [3.63, 3.8) is 0 Å². The molecular weight excluding hydrogens is 470 g/mol. The third-order valence-corrected chi connectivity index (χ3v) is 5.59. The second kappa shape index (κ2) is 10.3. The molecule has 2 heterocycles. The van der Waals surface area contributed by atoms with Crippen LogP contribution in [0.4, 0.5) is 5.69 Å². The molecule has 0 spiro atoms. The Morgan fingerprint density at radius 2 is 1.68 bits per heavy atom. The van der Waals surface area contributed by atoms with Gasteiger partial charge in [-0.2, -0.15) is 5.10 Å². The highest BCUT2D eigenvalue weighted by Crippen LogP contribution is 2.28. The van der Waals surface area contributed by atoms with Crippen LogP contribution in [0.2, 0.25) is 0 Å². The number of para-hydroxylation sites is 1. The number of hydrogen-bond acceptors (Lipinski definition) is 7. The summed E-state index contributed by atoms with van der Waals surface area (Å²) in [5.74, 6) is -0.940. The van der Waals surface area contributed by atoms with Crippen LogP contribution in [0.25, 0.3) is 28.4 Å². The van der Waals surface area contributed by atoms with E-state index in [1.165, 1.54) is 0 Å². The number of nitrogens with one attached hydrogen (secondary N) is 1. The molecule has 3 aromatic carbocycles. The van der Waals surface area contributed by atoms with Gasteiger partial charge in [-0.3, -0.25) is 4.79 Å². The number of benzene rings is 3. The molecule has 5 aromatic rings. The van der Waals surface area contributed by atoms with E-state index in [9.17, 15) is 9.59 Å². The van der Waals surface area contributed by atoms with Crippen molar-refractivity contribution in [2.24, 2.45) is 0 Å². The number of anilines is 1. The summed E-state index contributed by atoms with van der Waals surface area (Å²) in [6.45, 7) is 3.96. The fraction of sp³-hybridized carbons (Fsp3) is 0.107. The fourth-order valence-electron chi connectivity index (χ4n) is 3.83. The van der Waals surface area contributed by atoms with Crippen LogP contribution in [-0.4, -0.2) is 38.5 Å². The first-order chi connectivity index (χ1) is 18.0. The Morgan fingerprint density at radius 1 is 0.919 bits per heavy atom. The van der Waals surface area contributed by atoms with E-state index >= 15 is 0 Å². The number of nitrogens with zero attached hydrogens (tertiary/aromatic N) is 4. The first-order valence-corrected chi connectivity index (χ1v) is 11.7. The maximum atomic E-state index is 12.8. The summed E-state index contributed by atoms with van der Waals surface area (Å²) in [7, 11) is 0. The summed E-state index contributed by atoms with van der Waals surface area (Å²) in [6.07, 6.45) is 0. The normalized spacial score (nSPS) is 10.8. The molecule has 9 heteroatoms. The molecule has 0 saturated heterocycles. The molecule has 0 fully saturated rings. The van der Waals surface area contributed by atoms with E-state index in [0.717, 1.165) is 22.4 Å². The Bertz CT molecular complexity index is 1570. The van der Waals surface area contributed by atoms with Gasteiger partial charge < -0.3 is 14.5 Å². The smallest absolute Gasteiger partial charge is 0.358 e. The standard InChI is InChI=1S/C28H23N5O4/c1-3-36-28(35)22-17-24(33(32-22)23-15-8-7-10-18(23)2)20-13-9-14-21(16-20)29-25(34)27-31-30-26(37-27)19-11-5-4-6-12-19/h4-17H,3H2,1-2H3,(H,29,34). The van der Waals surface area contributed by atoms with Crippen LogP contribution in [0.15, 0.2) is 89.3 Å². The molecule has 0 aliphatic rings. The number of carbonyl (C=O) groups excluding carboxylic acids is 2. The van der Waals surface area contributed by atoms with Crippen molar-refractivity contribution in [2.45, 2.75) is 13.8 Å². The minimum absolute atomic E-state index is 0.154. The van der Waals surface area contributed by atoms with Gasteiger partial charge in [-0.1, -0.05) is 48.5 Å². The number of hydrogen-bond donors (Lipinski definition) is 1. The summed E-state index contributed by atoms with van der Waals surface area (Å²) in [5.41, 5.74) is 4.63. The molecule has 0 saturated carbocycles. The molecular formula is C28H23N5O4. The third kappa shape index (κ3) is 5.01. The number of aryl methyl sites for hydroxylation is 1. The Morgan fingerprint density at radius 3 is 2.46 bits per heavy atom. The number of carbonyl (C=O) groups is 2.